The third kappa shape index (κ3) is 4.61. The topological polar surface area (TPSA) is 0 Å². The van der Waals surface area contributed by atoms with Crippen molar-refractivity contribution in [1.29, 1.82) is 0 Å². The molecule has 0 atom stereocenters. The number of hydrogen-bond donors (Lipinski definition) is 0. The van der Waals surface area contributed by atoms with Gasteiger partial charge in [0.25, 0.3) is 0 Å². The van der Waals surface area contributed by atoms with E-state index in [0.29, 0.717) is 5.88 Å². The van der Waals surface area contributed by atoms with E-state index in [9.17, 15) is 0 Å². The molecule has 3 heteroatoms. The van der Waals surface area contributed by atoms with Gasteiger partial charge in [0.05, 0.1) is 0 Å². The molecular formula is C21H21Cl2P. The Bertz CT molecular complexity index is 690. The average molecular weight is 375 g/mol. The highest BCUT2D eigenvalue weighted by Crippen LogP contribution is 2.34. The van der Waals surface area contributed by atoms with Crippen molar-refractivity contribution in [3.05, 3.63) is 90.5 Å². The van der Waals surface area contributed by atoms with Crippen LogP contribution in [0, 0.1) is 0 Å². The summed E-state index contributed by atoms with van der Waals surface area (Å²) >= 11 is 5.92. The average Bonchev–Trinajstić information content (AvgIpc) is 2.63. The van der Waals surface area contributed by atoms with E-state index in [1.54, 1.807) is 0 Å². The van der Waals surface area contributed by atoms with Crippen LogP contribution in [0.3, 0.4) is 0 Å². The van der Waals surface area contributed by atoms with Crippen LogP contribution in [0.1, 0.15) is 12.0 Å². The summed E-state index contributed by atoms with van der Waals surface area (Å²) in [5.41, 5.74) is 1.42. The number of halogens is 2. The minimum absolute atomic E-state index is 0. The largest absolute Gasteiger partial charge is 0.147 e. The second-order valence-electron chi connectivity index (χ2n) is 5.43. The number of alkyl halides is 1. The first-order valence-corrected chi connectivity index (χ1v) is 9.82. The summed E-state index contributed by atoms with van der Waals surface area (Å²) in [6.45, 7) is 0. The molecule has 0 N–H and O–H groups in total. The Balaban J connectivity index is 0.00000208. The highest BCUT2D eigenvalue weighted by molar-refractivity contribution is 7.79. The van der Waals surface area contributed by atoms with Gasteiger partial charge < -0.3 is 0 Å². The van der Waals surface area contributed by atoms with Crippen molar-refractivity contribution < 1.29 is 0 Å². The van der Waals surface area contributed by atoms with Crippen LogP contribution in [-0.4, -0.2) is 5.88 Å². The van der Waals surface area contributed by atoms with Gasteiger partial charge in [0, 0.05) is 5.88 Å². The summed E-state index contributed by atoms with van der Waals surface area (Å²) < 4.78 is 0. The van der Waals surface area contributed by atoms with Crippen LogP contribution < -0.4 is 15.9 Å². The lowest BCUT2D eigenvalue weighted by Crippen LogP contribution is -2.23. The van der Waals surface area contributed by atoms with Crippen LogP contribution in [0.5, 0.6) is 0 Å². The van der Waals surface area contributed by atoms with E-state index in [1.807, 2.05) is 0 Å². The first-order valence-electron chi connectivity index (χ1n) is 7.94. The Morgan fingerprint density at radius 1 is 0.667 bits per heavy atom. The molecule has 0 unspecified atom stereocenters. The molecule has 0 spiro atoms. The zero-order chi connectivity index (χ0) is 15.9. The molecule has 0 nitrogen and oxygen atoms in total. The van der Waals surface area contributed by atoms with Crippen molar-refractivity contribution in [3.8, 4) is 0 Å². The fourth-order valence-corrected chi connectivity index (χ4v) is 5.42. The molecule has 24 heavy (non-hydrogen) atoms. The predicted octanol–water partition coefficient (Wildman–Crippen LogP) is 5.04. The van der Waals surface area contributed by atoms with E-state index in [1.165, 1.54) is 21.5 Å². The highest BCUT2D eigenvalue weighted by Gasteiger charge is 2.18. The Kier molecular flexibility index (Phi) is 7.79. The maximum atomic E-state index is 5.92. The molecule has 0 aliphatic carbocycles. The third-order valence-electron chi connectivity index (χ3n) is 3.84. The molecule has 3 rings (SSSR count). The fraction of sp³-hybridized carbons (Fsp3) is 0.143. The summed E-state index contributed by atoms with van der Waals surface area (Å²) in [4.78, 5) is 0. The van der Waals surface area contributed by atoms with E-state index < -0.39 is 7.92 Å². The van der Waals surface area contributed by atoms with Gasteiger partial charge in [-0.15, -0.1) is 24.0 Å². The first-order chi connectivity index (χ1) is 11.4. The SMILES string of the molecule is Cl.ClCCCc1ccccc1P(c1ccccc1)c1ccccc1. The number of rotatable bonds is 6. The Labute approximate surface area is 157 Å². The molecule has 0 fully saturated rings. The second kappa shape index (κ2) is 9.84. The van der Waals surface area contributed by atoms with Crippen molar-refractivity contribution in [2.45, 2.75) is 12.8 Å². The maximum absolute atomic E-state index is 5.92. The van der Waals surface area contributed by atoms with Crippen LogP contribution in [0.2, 0.25) is 0 Å². The van der Waals surface area contributed by atoms with Gasteiger partial charge in [-0.05, 0) is 42.2 Å². The van der Waals surface area contributed by atoms with Gasteiger partial charge in [-0.2, -0.15) is 0 Å². The molecule has 0 amide bonds. The van der Waals surface area contributed by atoms with Gasteiger partial charge in [0.1, 0.15) is 0 Å². The number of hydrogen-bond acceptors (Lipinski definition) is 0. The normalized spacial score (nSPS) is 10.4. The van der Waals surface area contributed by atoms with E-state index in [-0.39, 0.29) is 12.4 Å². The second-order valence-corrected chi connectivity index (χ2v) is 7.99. The quantitative estimate of drug-likeness (QED) is 0.418. The molecule has 0 aliphatic heterocycles. The summed E-state index contributed by atoms with van der Waals surface area (Å²) in [7, 11) is -0.526. The lowest BCUT2D eigenvalue weighted by atomic mass is 10.1. The lowest BCUT2D eigenvalue weighted by molar-refractivity contribution is 0.934. The molecule has 0 radical (unpaired) electrons. The van der Waals surface area contributed by atoms with Gasteiger partial charge in [-0.3, -0.25) is 0 Å². The van der Waals surface area contributed by atoms with E-state index >= 15 is 0 Å². The van der Waals surface area contributed by atoms with E-state index in [0.717, 1.165) is 12.8 Å². The summed E-state index contributed by atoms with van der Waals surface area (Å²) in [5.74, 6) is 0.711. The fourth-order valence-electron chi connectivity index (χ4n) is 2.78. The third-order valence-corrected chi connectivity index (χ3v) is 6.66. The first kappa shape index (κ1) is 19.0. The lowest BCUT2D eigenvalue weighted by Gasteiger charge is -2.22. The molecule has 3 aromatic rings. The molecular weight excluding hydrogens is 354 g/mol. The Morgan fingerprint density at radius 2 is 1.17 bits per heavy atom. The van der Waals surface area contributed by atoms with E-state index in [2.05, 4.69) is 84.9 Å². The number of benzene rings is 3. The minimum Gasteiger partial charge on any atom is -0.147 e. The monoisotopic (exact) mass is 374 g/mol. The number of aryl methyl sites for hydroxylation is 1. The van der Waals surface area contributed by atoms with Crippen LogP contribution in [0.4, 0.5) is 0 Å². The van der Waals surface area contributed by atoms with Gasteiger partial charge in [0.15, 0.2) is 0 Å². The van der Waals surface area contributed by atoms with Crippen molar-refractivity contribution in [2.24, 2.45) is 0 Å². The molecule has 0 bridgehead atoms. The Hall–Kier alpha value is -1.33. The Morgan fingerprint density at radius 3 is 1.71 bits per heavy atom. The zero-order valence-corrected chi connectivity index (χ0v) is 15.9. The predicted molar refractivity (Wildman–Crippen MR) is 111 cm³/mol. The van der Waals surface area contributed by atoms with Gasteiger partial charge in [-0.1, -0.05) is 84.9 Å². The van der Waals surface area contributed by atoms with Gasteiger partial charge in [-0.25, -0.2) is 0 Å². The molecule has 0 saturated carbocycles. The van der Waals surface area contributed by atoms with Crippen molar-refractivity contribution in [2.75, 3.05) is 5.88 Å². The maximum Gasteiger partial charge on any atom is 0.0226 e. The summed E-state index contributed by atoms with van der Waals surface area (Å²) in [5, 5.41) is 4.24. The summed E-state index contributed by atoms with van der Waals surface area (Å²) in [6.07, 6.45) is 2.06. The summed E-state index contributed by atoms with van der Waals surface area (Å²) in [6, 6.07) is 30.5. The van der Waals surface area contributed by atoms with Crippen molar-refractivity contribution in [3.63, 3.8) is 0 Å². The molecule has 0 saturated heterocycles. The molecule has 3 aromatic carbocycles. The minimum atomic E-state index is -0.526. The zero-order valence-electron chi connectivity index (χ0n) is 13.4. The van der Waals surface area contributed by atoms with Crippen LogP contribution >= 0.6 is 31.9 Å². The van der Waals surface area contributed by atoms with Crippen LogP contribution in [0.25, 0.3) is 0 Å². The van der Waals surface area contributed by atoms with Crippen LogP contribution in [0.15, 0.2) is 84.9 Å². The van der Waals surface area contributed by atoms with Gasteiger partial charge in [0.2, 0.25) is 0 Å². The van der Waals surface area contributed by atoms with Crippen LogP contribution in [-0.2, 0) is 6.42 Å². The van der Waals surface area contributed by atoms with Crippen molar-refractivity contribution >= 4 is 47.8 Å². The molecule has 0 heterocycles. The molecule has 124 valence electrons. The van der Waals surface area contributed by atoms with Gasteiger partial charge >= 0.3 is 0 Å². The van der Waals surface area contributed by atoms with E-state index in [4.69, 9.17) is 11.6 Å². The van der Waals surface area contributed by atoms with Crippen molar-refractivity contribution in [1.82, 2.24) is 0 Å². The smallest absolute Gasteiger partial charge is 0.0226 e. The molecule has 0 aromatic heterocycles. The highest BCUT2D eigenvalue weighted by atomic mass is 35.5. The molecule has 0 aliphatic rings. The standard InChI is InChI=1S/C21H20ClP.ClH/c22-17-9-11-18-10-7-8-16-21(18)23(19-12-3-1-4-13-19)20-14-5-2-6-15-20;/h1-8,10,12-16H,9,11,17H2;1H.